The number of anilines is 1. The highest BCUT2D eigenvalue weighted by Crippen LogP contribution is 2.16. The third kappa shape index (κ3) is 4.44. The summed E-state index contributed by atoms with van der Waals surface area (Å²) >= 11 is 0. The summed E-state index contributed by atoms with van der Waals surface area (Å²) in [6.45, 7) is 4.90. The molecule has 1 aromatic rings. The van der Waals surface area contributed by atoms with E-state index in [1.807, 2.05) is 38.1 Å². The number of rotatable bonds is 6. The average molecular weight is 236 g/mol. The Morgan fingerprint density at radius 1 is 1.41 bits per heavy atom. The summed E-state index contributed by atoms with van der Waals surface area (Å²) in [5.41, 5.74) is 6.13. The van der Waals surface area contributed by atoms with Crippen LogP contribution in [0.1, 0.15) is 20.3 Å². The molecule has 0 aliphatic rings. The Balaban J connectivity index is 2.53. The lowest BCUT2D eigenvalue weighted by atomic mass is 10.1. The minimum Gasteiger partial charge on any atom is -0.492 e. The molecular weight excluding hydrogens is 216 g/mol. The Kier molecular flexibility index (Phi) is 5.49. The van der Waals surface area contributed by atoms with Crippen molar-refractivity contribution in [2.45, 2.75) is 20.3 Å². The van der Waals surface area contributed by atoms with Crippen molar-refractivity contribution < 1.29 is 9.53 Å². The number of hydrogen-bond donors (Lipinski definition) is 2. The van der Waals surface area contributed by atoms with Gasteiger partial charge in [-0.1, -0.05) is 13.8 Å². The summed E-state index contributed by atoms with van der Waals surface area (Å²) in [6, 6.07) is 7.29. The maximum absolute atomic E-state index is 11.6. The molecule has 0 aliphatic heterocycles. The molecule has 0 aliphatic carbocycles. The van der Waals surface area contributed by atoms with Crippen molar-refractivity contribution in [3.63, 3.8) is 0 Å². The van der Waals surface area contributed by atoms with Crippen LogP contribution in [0.25, 0.3) is 0 Å². The number of nitrogens with two attached hydrogens (primary N) is 1. The Labute approximate surface area is 102 Å². The molecule has 4 nitrogen and oxygen atoms in total. The summed E-state index contributed by atoms with van der Waals surface area (Å²) < 4.78 is 5.35. The Morgan fingerprint density at radius 3 is 2.59 bits per heavy atom. The van der Waals surface area contributed by atoms with Crippen LogP contribution in [-0.2, 0) is 4.79 Å². The predicted molar refractivity (Wildman–Crippen MR) is 69.1 cm³/mol. The Hall–Kier alpha value is -1.55. The molecule has 1 aromatic carbocycles. The zero-order valence-electron chi connectivity index (χ0n) is 10.4. The zero-order valence-corrected chi connectivity index (χ0v) is 10.4. The highest BCUT2D eigenvalue weighted by atomic mass is 16.5. The van der Waals surface area contributed by atoms with E-state index in [-0.39, 0.29) is 11.8 Å². The van der Waals surface area contributed by atoms with Gasteiger partial charge in [0.05, 0.1) is 0 Å². The third-order valence-corrected chi connectivity index (χ3v) is 2.57. The van der Waals surface area contributed by atoms with Gasteiger partial charge in [0.15, 0.2) is 0 Å². The van der Waals surface area contributed by atoms with Crippen LogP contribution in [0.5, 0.6) is 5.75 Å². The smallest absolute Gasteiger partial charge is 0.227 e. The molecule has 94 valence electrons. The molecule has 0 fully saturated rings. The van der Waals surface area contributed by atoms with Crippen molar-refractivity contribution >= 4 is 11.6 Å². The highest BCUT2D eigenvalue weighted by Gasteiger charge is 2.10. The Morgan fingerprint density at radius 2 is 2.06 bits per heavy atom. The van der Waals surface area contributed by atoms with Gasteiger partial charge in [-0.15, -0.1) is 0 Å². The zero-order chi connectivity index (χ0) is 12.7. The molecule has 0 aromatic heterocycles. The molecule has 0 heterocycles. The first-order valence-corrected chi connectivity index (χ1v) is 5.91. The van der Waals surface area contributed by atoms with Gasteiger partial charge >= 0.3 is 0 Å². The van der Waals surface area contributed by atoms with E-state index >= 15 is 0 Å². The normalized spacial score (nSPS) is 11.9. The van der Waals surface area contributed by atoms with Gasteiger partial charge in [0, 0.05) is 18.2 Å². The number of carbonyl (C=O) groups excluding carboxylic acids is 1. The molecule has 1 unspecified atom stereocenters. The molecule has 17 heavy (non-hydrogen) atoms. The van der Waals surface area contributed by atoms with Crippen LogP contribution < -0.4 is 15.8 Å². The molecule has 3 N–H and O–H groups in total. The summed E-state index contributed by atoms with van der Waals surface area (Å²) in [6.07, 6.45) is 0.837. The molecule has 0 radical (unpaired) electrons. The largest absolute Gasteiger partial charge is 0.492 e. The van der Waals surface area contributed by atoms with Crippen molar-refractivity contribution in [2.24, 2.45) is 11.7 Å². The molecule has 0 bridgehead atoms. The van der Waals surface area contributed by atoms with Gasteiger partial charge in [-0.2, -0.15) is 0 Å². The number of carbonyl (C=O) groups is 1. The summed E-state index contributed by atoms with van der Waals surface area (Å²) in [5.74, 6) is 0.836. The molecule has 0 saturated heterocycles. The number of benzene rings is 1. The van der Waals surface area contributed by atoms with Crippen LogP contribution in [0, 0.1) is 5.92 Å². The first-order chi connectivity index (χ1) is 8.17. The van der Waals surface area contributed by atoms with E-state index in [0.29, 0.717) is 13.2 Å². The van der Waals surface area contributed by atoms with Gasteiger partial charge in [0.2, 0.25) is 5.91 Å². The molecule has 0 saturated carbocycles. The average Bonchev–Trinajstić information content (AvgIpc) is 2.37. The highest BCUT2D eigenvalue weighted by molar-refractivity contribution is 5.92. The first-order valence-electron chi connectivity index (χ1n) is 5.91. The van der Waals surface area contributed by atoms with E-state index < -0.39 is 0 Å². The van der Waals surface area contributed by atoms with E-state index in [4.69, 9.17) is 10.5 Å². The SMILES string of the molecule is CCC(C)C(=O)Nc1ccc(OCCN)cc1. The van der Waals surface area contributed by atoms with E-state index in [9.17, 15) is 4.79 Å². The maximum atomic E-state index is 11.6. The monoisotopic (exact) mass is 236 g/mol. The molecule has 1 atom stereocenters. The molecular formula is C13H20N2O2. The number of ether oxygens (including phenoxy) is 1. The van der Waals surface area contributed by atoms with E-state index in [0.717, 1.165) is 17.9 Å². The van der Waals surface area contributed by atoms with Crippen molar-refractivity contribution in [2.75, 3.05) is 18.5 Å². The lowest BCUT2D eigenvalue weighted by Crippen LogP contribution is -2.19. The predicted octanol–water partition coefficient (Wildman–Crippen LogP) is 2.01. The summed E-state index contributed by atoms with van der Waals surface area (Å²) in [7, 11) is 0. The van der Waals surface area contributed by atoms with Gasteiger partial charge in [-0.3, -0.25) is 4.79 Å². The maximum Gasteiger partial charge on any atom is 0.227 e. The lowest BCUT2D eigenvalue weighted by Gasteiger charge is -2.10. The van der Waals surface area contributed by atoms with Gasteiger partial charge in [0.25, 0.3) is 0 Å². The molecule has 1 rings (SSSR count). The van der Waals surface area contributed by atoms with Gasteiger partial charge in [-0.05, 0) is 30.7 Å². The summed E-state index contributed by atoms with van der Waals surface area (Å²) in [5, 5.41) is 2.86. The van der Waals surface area contributed by atoms with Crippen molar-refractivity contribution in [3.05, 3.63) is 24.3 Å². The van der Waals surface area contributed by atoms with E-state index in [1.165, 1.54) is 0 Å². The van der Waals surface area contributed by atoms with Gasteiger partial charge < -0.3 is 15.8 Å². The first kappa shape index (κ1) is 13.5. The standard InChI is InChI=1S/C13H20N2O2/c1-3-10(2)13(16)15-11-4-6-12(7-5-11)17-9-8-14/h4-7,10H,3,8-9,14H2,1-2H3,(H,15,16). The summed E-state index contributed by atoms with van der Waals surface area (Å²) in [4.78, 5) is 11.6. The van der Waals surface area contributed by atoms with Gasteiger partial charge in [-0.25, -0.2) is 0 Å². The van der Waals surface area contributed by atoms with Crippen LogP contribution in [0.3, 0.4) is 0 Å². The van der Waals surface area contributed by atoms with Gasteiger partial charge in [0.1, 0.15) is 12.4 Å². The van der Waals surface area contributed by atoms with Crippen LogP contribution in [0.4, 0.5) is 5.69 Å². The second-order valence-corrected chi connectivity index (χ2v) is 3.96. The van der Waals surface area contributed by atoms with Crippen LogP contribution in [0.15, 0.2) is 24.3 Å². The van der Waals surface area contributed by atoms with Crippen LogP contribution in [-0.4, -0.2) is 19.1 Å². The number of hydrogen-bond acceptors (Lipinski definition) is 3. The van der Waals surface area contributed by atoms with Crippen molar-refractivity contribution in [1.82, 2.24) is 0 Å². The number of amides is 1. The number of nitrogens with one attached hydrogen (secondary N) is 1. The second kappa shape index (κ2) is 6.91. The van der Waals surface area contributed by atoms with Crippen LogP contribution in [0.2, 0.25) is 0 Å². The molecule has 4 heteroatoms. The minimum absolute atomic E-state index is 0.0307. The minimum atomic E-state index is 0.0307. The fraction of sp³-hybridized carbons (Fsp3) is 0.462. The lowest BCUT2D eigenvalue weighted by molar-refractivity contribution is -0.119. The molecule has 1 amide bonds. The third-order valence-electron chi connectivity index (χ3n) is 2.57. The fourth-order valence-corrected chi connectivity index (χ4v) is 1.26. The van der Waals surface area contributed by atoms with Crippen molar-refractivity contribution in [1.29, 1.82) is 0 Å². The second-order valence-electron chi connectivity index (χ2n) is 3.96. The van der Waals surface area contributed by atoms with E-state index in [2.05, 4.69) is 5.32 Å². The fourth-order valence-electron chi connectivity index (χ4n) is 1.26. The topological polar surface area (TPSA) is 64.3 Å². The van der Waals surface area contributed by atoms with E-state index in [1.54, 1.807) is 0 Å². The van der Waals surface area contributed by atoms with Crippen LogP contribution >= 0.6 is 0 Å². The molecule has 0 spiro atoms. The van der Waals surface area contributed by atoms with Crippen molar-refractivity contribution in [3.8, 4) is 5.75 Å². The quantitative estimate of drug-likeness (QED) is 0.794. The Bertz CT molecular complexity index is 349.